The fraction of sp³-hybridized carbons (Fsp3) is 0.526. The van der Waals surface area contributed by atoms with Gasteiger partial charge in [-0.3, -0.25) is 14.3 Å². The molecule has 0 spiro atoms. The van der Waals surface area contributed by atoms with Crippen molar-refractivity contribution in [2.45, 2.75) is 45.7 Å². The summed E-state index contributed by atoms with van der Waals surface area (Å²) in [4.78, 5) is 23.5. The molecule has 0 unspecified atom stereocenters. The fourth-order valence-electron chi connectivity index (χ4n) is 3.45. The van der Waals surface area contributed by atoms with E-state index in [2.05, 4.69) is 34.0 Å². The predicted octanol–water partition coefficient (Wildman–Crippen LogP) is 2.39. The van der Waals surface area contributed by atoms with Gasteiger partial charge in [0.15, 0.2) is 0 Å². The Hall–Kier alpha value is -2.21. The number of carbonyl (C=O) groups is 1. The lowest BCUT2D eigenvalue weighted by molar-refractivity contribution is -0.128. The highest BCUT2D eigenvalue weighted by atomic mass is 16.2. The van der Waals surface area contributed by atoms with Crippen molar-refractivity contribution in [2.75, 3.05) is 13.1 Å². The van der Waals surface area contributed by atoms with E-state index in [1.165, 1.54) is 19.3 Å². The first-order valence-corrected chi connectivity index (χ1v) is 9.10. The smallest absolute Gasteiger partial charge is 0.237 e. The molecule has 1 N–H and O–H groups in total. The Bertz CT molecular complexity index is 660. The molecular formula is C19H27N5O. The number of rotatable bonds is 6. The maximum absolute atomic E-state index is 12.7. The molecule has 1 fully saturated rings. The first-order chi connectivity index (χ1) is 12.1. The number of nitrogens with zero attached hydrogens (tertiary/aromatic N) is 4. The summed E-state index contributed by atoms with van der Waals surface area (Å²) in [7, 11) is 0. The van der Waals surface area contributed by atoms with Gasteiger partial charge >= 0.3 is 0 Å². The predicted molar refractivity (Wildman–Crippen MR) is 97.3 cm³/mol. The van der Waals surface area contributed by atoms with E-state index >= 15 is 0 Å². The molecule has 1 atom stereocenters. The lowest BCUT2D eigenvalue weighted by atomic mass is 9.98. The molecule has 0 bridgehead atoms. The summed E-state index contributed by atoms with van der Waals surface area (Å²) in [5.41, 5.74) is 0.998. The van der Waals surface area contributed by atoms with E-state index in [0.29, 0.717) is 12.5 Å². The topological polar surface area (TPSA) is 63.1 Å². The SMILES string of the molecule is CC(C)[C@@H](C(=O)NCc1ccc(-n2ccnc2)nc1)N1CCCCC1. The van der Waals surface area contributed by atoms with Gasteiger partial charge in [-0.1, -0.05) is 26.3 Å². The summed E-state index contributed by atoms with van der Waals surface area (Å²) in [6.45, 7) is 6.81. The highest BCUT2D eigenvalue weighted by Gasteiger charge is 2.29. The van der Waals surface area contributed by atoms with Gasteiger partial charge in [-0.15, -0.1) is 0 Å². The standard InChI is InChI=1S/C19H27N5O/c1-15(2)18(23-9-4-3-5-10-23)19(25)22-13-16-6-7-17(21-12-16)24-11-8-20-14-24/h6-8,11-12,14-15,18H,3-5,9-10,13H2,1-2H3,(H,22,25)/t18-/m0/s1. The van der Waals surface area contributed by atoms with Crippen LogP contribution in [0.25, 0.3) is 5.82 Å². The number of pyridine rings is 1. The van der Waals surface area contributed by atoms with Crippen LogP contribution in [0.2, 0.25) is 0 Å². The number of likely N-dealkylation sites (tertiary alicyclic amines) is 1. The van der Waals surface area contributed by atoms with Crippen molar-refractivity contribution in [3.63, 3.8) is 0 Å². The molecule has 1 amide bonds. The summed E-state index contributed by atoms with van der Waals surface area (Å²) in [5, 5.41) is 3.09. The first-order valence-electron chi connectivity index (χ1n) is 9.10. The molecule has 0 saturated carbocycles. The summed E-state index contributed by atoms with van der Waals surface area (Å²) in [5.74, 6) is 1.25. The number of hydrogen-bond acceptors (Lipinski definition) is 4. The quantitative estimate of drug-likeness (QED) is 0.876. The van der Waals surface area contributed by atoms with E-state index in [1.807, 2.05) is 22.9 Å². The molecule has 134 valence electrons. The van der Waals surface area contributed by atoms with Crippen molar-refractivity contribution in [2.24, 2.45) is 5.92 Å². The van der Waals surface area contributed by atoms with E-state index in [1.54, 1.807) is 18.7 Å². The second kappa shape index (κ2) is 8.25. The van der Waals surface area contributed by atoms with Crippen molar-refractivity contribution in [1.82, 2.24) is 24.8 Å². The van der Waals surface area contributed by atoms with Gasteiger partial charge in [0, 0.05) is 25.1 Å². The van der Waals surface area contributed by atoms with Crippen LogP contribution in [-0.4, -0.2) is 44.5 Å². The molecule has 0 aromatic carbocycles. The van der Waals surface area contributed by atoms with Crippen molar-refractivity contribution in [1.29, 1.82) is 0 Å². The molecule has 6 heteroatoms. The second-order valence-electron chi connectivity index (χ2n) is 7.00. The minimum absolute atomic E-state index is 0.0431. The van der Waals surface area contributed by atoms with E-state index < -0.39 is 0 Å². The van der Waals surface area contributed by atoms with Crippen molar-refractivity contribution in [3.8, 4) is 5.82 Å². The van der Waals surface area contributed by atoms with Crippen LogP contribution in [0.3, 0.4) is 0 Å². The Balaban J connectivity index is 1.58. The van der Waals surface area contributed by atoms with Crippen molar-refractivity contribution >= 4 is 5.91 Å². The third-order valence-corrected chi connectivity index (χ3v) is 4.73. The normalized spacial score (nSPS) is 16.8. The average molecular weight is 341 g/mol. The highest BCUT2D eigenvalue weighted by Crippen LogP contribution is 2.18. The Morgan fingerprint density at radius 3 is 2.64 bits per heavy atom. The van der Waals surface area contributed by atoms with Crippen LogP contribution in [0.5, 0.6) is 0 Å². The van der Waals surface area contributed by atoms with Gasteiger partial charge in [0.25, 0.3) is 0 Å². The molecule has 3 heterocycles. The number of carbonyl (C=O) groups excluding carboxylic acids is 1. The second-order valence-corrected chi connectivity index (χ2v) is 7.00. The maximum atomic E-state index is 12.7. The third kappa shape index (κ3) is 4.45. The molecular weight excluding hydrogens is 314 g/mol. The number of imidazole rings is 1. The molecule has 2 aromatic heterocycles. The number of nitrogens with one attached hydrogen (secondary N) is 1. The van der Waals surface area contributed by atoms with Gasteiger partial charge in [0.2, 0.25) is 5.91 Å². The molecule has 0 radical (unpaired) electrons. The molecule has 3 rings (SSSR count). The largest absolute Gasteiger partial charge is 0.351 e. The van der Waals surface area contributed by atoms with Crippen LogP contribution in [-0.2, 0) is 11.3 Å². The van der Waals surface area contributed by atoms with Gasteiger partial charge in [-0.2, -0.15) is 0 Å². The van der Waals surface area contributed by atoms with Gasteiger partial charge in [-0.05, 0) is 43.5 Å². The van der Waals surface area contributed by atoms with Gasteiger partial charge < -0.3 is 5.32 Å². The van der Waals surface area contributed by atoms with Gasteiger partial charge in [0.1, 0.15) is 12.1 Å². The zero-order chi connectivity index (χ0) is 17.6. The Morgan fingerprint density at radius 1 is 1.24 bits per heavy atom. The zero-order valence-electron chi connectivity index (χ0n) is 15.1. The molecule has 6 nitrogen and oxygen atoms in total. The summed E-state index contributed by atoms with van der Waals surface area (Å²) >= 11 is 0. The van der Waals surface area contributed by atoms with Crippen molar-refractivity contribution in [3.05, 3.63) is 42.6 Å². The molecule has 0 aliphatic carbocycles. The van der Waals surface area contributed by atoms with Crippen molar-refractivity contribution < 1.29 is 4.79 Å². The van der Waals surface area contributed by atoms with E-state index in [0.717, 1.165) is 24.5 Å². The maximum Gasteiger partial charge on any atom is 0.237 e. The lowest BCUT2D eigenvalue weighted by Gasteiger charge is -2.35. The molecule has 1 saturated heterocycles. The summed E-state index contributed by atoms with van der Waals surface area (Å²) in [6.07, 6.45) is 10.8. The van der Waals surface area contributed by atoms with Crippen LogP contribution in [0.1, 0.15) is 38.7 Å². The summed E-state index contributed by atoms with van der Waals surface area (Å²) < 4.78 is 1.85. The van der Waals surface area contributed by atoms with Crippen LogP contribution < -0.4 is 5.32 Å². The lowest BCUT2D eigenvalue weighted by Crippen LogP contribution is -2.51. The van der Waals surface area contributed by atoms with Crippen LogP contribution in [0, 0.1) is 5.92 Å². The monoisotopic (exact) mass is 341 g/mol. The molecule has 1 aliphatic heterocycles. The van der Waals surface area contributed by atoms with Gasteiger partial charge in [-0.25, -0.2) is 9.97 Å². The van der Waals surface area contributed by atoms with Gasteiger partial charge in [0.05, 0.1) is 6.04 Å². The fourth-order valence-corrected chi connectivity index (χ4v) is 3.45. The number of hydrogen-bond donors (Lipinski definition) is 1. The minimum atomic E-state index is -0.0431. The molecule has 25 heavy (non-hydrogen) atoms. The van der Waals surface area contributed by atoms with E-state index in [9.17, 15) is 4.79 Å². The molecule has 2 aromatic rings. The van der Waals surface area contributed by atoms with E-state index in [4.69, 9.17) is 0 Å². The average Bonchev–Trinajstić information content (AvgIpc) is 3.16. The first kappa shape index (κ1) is 17.6. The highest BCUT2D eigenvalue weighted by molar-refractivity contribution is 5.82. The Labute approximate surface area is 149 Å². The third-order valence-electron chi connectivity index (χ3n) is 4.73. The van der Waals surface area contributed by atoms with Crippen LogP contribution in [0.4, 0.5) is 0 Å². The number of aromatic nitrogens is 3. The summed E-state index contributed by atoms with van der Waals surface area (Å²) in [6, 6.07) is 3.89. The van der Waals surface area contributed by atoms with E-state index in [-0.39, 0.29) is 11.9 Å². The molecule has 1 aliphatic rings. The van der Waals surface area contributed by atoms with Crippen LogP contribution in [0.15, 0.2) is 37.1 Å². The Morgan fingerprint density at radius 2 is 2.04 bits per heavy atom. The number of amides is 1. The Kier molecular flexibility index (Phi) is 5.81. The number of piperidine rings is 1. The zero-order valence-corrected chi connectivity index (χ0v) is 15.1. The minimum Gasteiger partial charge on any atom is -0.351 e. The van der Waals surface area contributed by atoms with Crippen LogP contribution >= 0.6 is 0 Å².